The van der Waals surface area contributed by atoms with Crippen molar-refractivity contribution in [1.82, 2.24) is 10.6 Å². The minimum Gasteiger partial charge on any atom is -0.395 e. The van der Waals surface area contributed by atoms with Crippen molar-refractivity contribution in [1.29, 1.82) is 0 Å². The maximum atomic E-state index is 14.7. The third kappa shape index (κ3) is 4.59. The summed E-state index contributed by atoms with van der Waals surface area (Å²) in [6.45, 7) is 5.22. The summed E-state index contributed by atoms with van der Waals surface area (Å²) >= 11 is 0. The summed E-state index contributed by atoms with van der Waals surface area (Å²) < 4.78 is 14.7. The Balaban J connectivity index is 2.11. The van der Waals surface area contributed by atoms with Gasteiger partial charge in [0.05, 0.1) is 24.0 Å². The van der Waals surface area contributed by atoms with E-state index >= 15 is 0 Å². The average molecular weight is 426 g/mol. The first-order valence-corrected chi connectivity index (χ1v) is 10.1. The summed E-state index contributed by atoms with van der Waals surface area (Å²) in [4.78, 5) is 31.2. The van der Waals surface area contributed by atoms with E-state index in [0.29, 0.717) is 22.5 Å². The van der Waals surface area contributed by atoms with E-state index in [0.717, 1.165) is 5.56 Å². The minimum absolute atomic E-state index is 0.148. The number of fused-ring (bicyclic) bond motifs is 1. The third-order valence-corrected chi connectivity index (χ3v) is 5.23. The van der Waals surface area contributed by atoms with Gasteiger partial charge in [0.2, 0.25) is 0 Å². The molecule has 31 heavy (non-hydrogen) atoms. The summed E-state index contributed by atoms with van der Waals surface area (Å²) in [5.41, 5.74) is 1.58. The zero-order chi connectivity index (χ0) is 22.8. The second-order valence-corrected chi connectivity index (χ2v) is 7.99. The van der Waals surface area contributed by atoms with Crippen LogP contribution < -0.4 is 15.5 Å². The van der Waals surface area contributed by atoms with Gasteiger partial charge in [-0.05, 0) is 50.6 Å². The monoisotopic (exact) mass is 426 g/mol. The van der Waals surface area contributed by atoms with E-state index in [1.807, 2.05) is 19.1 Å². The molecule has 0 aromatic heterocycles. The number of amides is 3. The molecule has 0 aliphatic carbocycles. The van der Waals surface area contributed by atoms with Crippen LogP contribution in [0.25, 0.3) is 0 Å². The van der Waals surface area contributed by atoms with Gasteiger partial charge in [-0.15, -0.1) is 0 Å². The molecule has 3 amide bonds. The Labute approximate surface area is 181 Å². The number of aliphatic hydroxyl groups is 1. The topological polar surface area (TPSA) is 94.0 Å². The molecule has 3 rings (SSSR count). The van der Waals surface area contributed by atoms with E-state index in [4.69, 9.17) is 5.11 Å². The maximum Gasteiger partial charge on any atom is 0.315 e. The molecular weight excluding hydrogens is 399 g/mol. The number of nitrogens with one attached hydrogen (secondary N) is 2. The number of aliphatic hydroxyl groups excluding tert-OH is 1. The van der Waals surface area contributed by atoms with Gasteiger partial charge in [-0.2, -0.15) is 0 Å². The van der Waals surface area contributed by atoms with Crippen LogP contribution in [0.1, 0.15) is 43.5 Å². The number of nitrogens with zero attached hydrogens (tertiary/aromatic N) is 2. The molecule has 0 saturated heterocycles. The first-order chi connectivity index (χ1) is 14.7. The van der Waals surface area contributed by atoms with Crippen molar-refractivity contribution < 1.29 is 19.1 Å². The highest BCUT2D eigenvalue weighted by Gasteiger charge is 2.36. The van der Waals surface area contributed by atoms with Crippen LogP contribution in [0.4, 0.5) is 14.9 Å². The molecule has 0 saturated carbocycles. The normalized spacial score (nSPS) is 16.1. The van der Waals surface area contributed by atoms with Crippen molar-refractivity contribution in [2.75, 3.05) is 25.1 Å². The van der Waals surface area contributed by atoms with Gasteiger partial charge in [-0.3, -0.25) is 9.79 Å². The summed E-state index contributed by atoms with van der Waals surface area (Å²) in [7, 11) is 1.67. The van der Waals surface area contributed by atoms with Crippen LogP contribution in [0.3, 0.4) is 0 Å². The van der Waals surface area contributed by atoms with Crippen LogP contribution in [0, 0.1) is 5.82 Å². The SMILES string of the molecule is CC(NC(=O)NCCO)c1ccc2c(c1)C(c1ccccc1F)=NC(C)(C)C(=O)N2C. The Morgan fingerprint density at radius 3 is 2.61 bits per heavy atom. The predicted octanol–water partition coefficient (Wildman–Crippen LogP) is 2.77. The number of benzene rings is 2. The molecule has 2 aromatic rings. The molecular formula is C23H27FN4O3. The van der Waals surface area contributed by atoms with E-state index in [-0.39, 0.29) is 25.1 Å². The van der Waals surface area contributed by atoms with Gasteiger partial charge in [-0.25, -0.2) is 9.18 Å². The van der Waals surface area contributed by atoms with Crippen LogP contribution in [0.2, 0.25) is 0 Å². The minimum atomic E-state index is -1.08. The fourth-order valence-corrected chi connectivity index (χ4v) is 3.57. The highest BCUT2D eigenvalue weighted by atomic mass is 19.1. The highest BCUT2D eigenvalue weighted by molar-refractivity contribution is 6.20. The Morgan fingerprint density at radius 1 is 1.23 bits per heavy atom. The highest BCUT2D eigenvalue weighted by Crippen LogP contribution is 2.33. The standard InChI is InChI=1S/C23H27FN4O3/c1-14(26-22(31)25-11-12-29)15-9-10-19-17(13-15)20(16-7-5-6-8-18(16)24)27-23(2,3)21(30)28(19)4/h5-10,13-14,29H,11-12H2,1-4H3,(H2,25,26,31). The van der Waals surface area contributed by atoms with E-state index < -0.39 is 17.4 Å². The number of urea groups is 1. The van der Waals surface area contributed by atoms with Gasteiger partial charge < -0.3 is 20.6 Å². The summed E-state index contributed by atoms with van der Waals surface area (Å²) in [6, 6.07) is 11.0. The number of aliphatic imine (C=N–C) groups is 1. The number of likely N-dealkylation sites (N-methyl/N-ethyl adjacent to an activating group) is 1. The number of benzodiazepines with no additional fused rings is 1. The lowest BCUT2D eigenvalue weighted by Crippen LogP contribution is -2.41. The van der Waals surface area contributed by atoms with Gasteiger partial charge >= 0.3 is 6.03 Å². The van der Waals surface area contributed by atoms with Crippen LogP contribution in [-0.2, 0) is 4.79 Å². The maximum absolute atomic E-state index is 14.7. The lowest BCUT2D eigenvalue weighted by molar-refractivity contribution is -0.122. The van der Waals surface area contributed by atoms with E-state index in [1.54, 1.807) is 45.2 Å². The number of carbonyl (C=O) groups excluding carboxylic acids is 2. The first kappa shape index (κ1) is 22.4. The zero-order valence-corrected chi connectivity index (χ0v) is 18.1. The molecule has 164 valence electrons. The lowest BCUT2D eigenvalue weighted by atomic mass is 9.95. The molecule has 1 heterocycles. The number of hydrogen-bond donors (Lipinski definition) is 3. The largest absolute Gasteiger partial charge is 0.395 e. The average Bonchev–Trinajstić information content (AvgIpc) is 2.81. The second kappa shape index (κ2) is 8.85. The fourth-order valence-electron chi connectivity index (χ4n) is 3.57. The molecule has 1 unspecified atom stereocenters. The van der Waals surface area contributed by atoms with Crippen LogP contribution in [-0.4, -0.2) is 48.5 Å². The van der Waals surface area contributed by atoms with Crippen LogP contribution in [0.5, 0.6) is 0 Å². The molecule has 1 aliphatic heterocycles. The summed E-state index contributed by atoms with van der Waals surface area (Å²) in [6.07, 6.45) is 0. The van der Waals surface area contributed by atoms with Gasteiger partial charge in [0.1, 0.15) is 11.4 Å². The van der Waals surface area contributed by atoms with Crippen molar-refractivity contribution in [2.45, 2.75) is 32.4 Å². The van der Waals surface area contributed by atoms with Crippen molar-refractivity contribution in [2.24, 2.45) is 4.99 Å². The van der Waals surface area contributed by atoms with Crippen molar-refractivity contribution in [3.8, 4) is 0 Å². The Kier molecular flexibility index (Phi) is 6.40. The molecule has 0 fully saturated rings. The van der Waals surface area contributed by atoms with Crippen molar-refractivity contribution >= 4 is 23.3 Å². The Bertz CT molecular complexity index is 1040. The smallest absolute Gasteiger partial charge is 0.315 e. The third-order valence-electron chi connectivity index (χ3n) is 5.23. The number of carbonyl (C=O) groups is 2. The zero-order valence-electron chi connectivity index (χ0n) is 18.1. The molecule has 0 bridgehead atoms. The summed E-state index contributed by atoms with van der Waals surface area (Å²) in [5, 5.41) is 14.2. The van der Waals surface area contributed by atoms with E-state index in [9.17, 15) is 14.0 Å². The Hall–Kier alpha value is -3.26. The van der Waals surface area contributed by atoms with Crippen LogP contribution in [0.15, 0.2) is 47.5 Å². The quantitative estimate of drug-likeness (QED) is 0.686. The molecule has 0 spiro atoms. The van der Waals surface area contributed by atoms with E-state index in [2.05, 4.69) is 15.6 Å². The van der Waals surface area contributed by atoms with Gasteiger partial charge in [0, 0.05) is 24.7 Å². The molecule has 8 heteroatoms. The number of anilines is 1. The number of halogens is 1. The number of rotatable bonds is 5. The lowest BCUT2D eigenvalue weighted by Gasteiger charge is -2.24. The van der Waals surface area contributed by atoms with E-state index in [1.165, 1.54) is 11.0 Å². The second-order valence-electron chi connectivity index (χ2n) is 7.99. The molecule has 0 radical (unpaired) electrons. The van der Waals surface area contributed by atoms with Gasteiger partial charge in [-0.1, -0.05) is 18.2 Å². The number of hydrogen-bond acceptors (Lipinski definition) is 4. The van der Waals surface area contributed by atoms with Gasteiger partial charge in [0.15, 0.2) is 0 Å². The fraction of sp³-hybridized carbons (Fsp3) is 0.348. The Morgan fingerprint density at radius 2 is 1.94 bits per heavy atom. The van der Waals surface area contributed by atoms with Crippen molar-refractivity contribution in [3.63, 3.8) is 0 Å². The first-order valence-electron chi connectivity index (χ1n) is 10.1. The van der Waals surface area contributed by atoms with Crippen LogP contribution >= 0.6 is 0 Å². The van der Waals surface area contributed by atoms with Crippen molar-refractivity contribution in [3.05, 3.63) is 65.0 Å². The molecule has 1 aliphatic rings. The van der Waals surface area contributed by atoms with Gasteiger partial charge in [0.25, 0.3) is 5.91 Å². The molecule has 2 aromatic carbocycles. The molecule has 3 N–H and O–H groups in total. The molecule has 1 atom stereocenters. The predicted molar refractivity (Wildman–Crippen MR) is 118 cm³/mol. The molecule has 7 nitrogen and oxygen atoms in total. The summed E-state index contributed by atoms with van der Waals surface area (Å²) in [5.74, 6) is -0.637.